The summed E-state index contributed by atoms with van der Waals surface area (Å²) in [5.74, 6) is 1.57. The van der Waals surface area contributed by atoms with E-state index in [1.165, 1.54) is 0 Å². The Labute approximate surface area is 145 Å². The number of nitrogens with one attached hydrogen (secondary N) is 1. The van der Waals surface area contributed by atoms with E-state index in [2.05, 4.69) is 5.32 Å². The monoisotopic (exact) mass is 344 g/mol. The van der Waals surface area contributed by atoms with Gasteiger partial charge in [-0.2, -0.15) is 0 Å². The maximum absolute atomic E-state index is 12.4. The Bertz CT molecular complexity index is 746. The smallest absolute Gasteiger partial charge is 0.255 e. The predicted octanol–water partition coefficient (Wildman–Crippen LogP) is 2.67. The summed E-state index contributed by atoms with van der Waals surface area (Å²) >= 11 is 0. The molecule has 2 aromatic rings. The zero-order valence-corrected chi connectivity index (χ0v) is 13.9. The SMILES string of the molecule is COCCCOc1ccc(C(=O)Nc2cc3c(cc2N)OCO3)cc1. The lowest BCUT2D eigenvalue weighted by molar-refractivity contribution is 0.102. The summed E-state index contributed by atoms with van der Waals surface area (Å²) in [5.41, 5.74) is 7.34. The number of nitrogen functional groups attached to an aromatic ring is 1. The van der Waals surface area contributed by atoms with Gasteiger partial charge >= 0.3 is 0 Å². The molecule has 0 saturated heterocycles. The summed E-state index contributed by atoms with van der Waals surface area (Å²) < 4.78 is 21.1. The summed E-state index contributed by atoms with van der Waals surface area (Å²) in [5, 5.41) is 2.78. The van der Waals surface area contributed by atoms with Crippen molar-refractivity contribution < 1.29 is 23.7 Å². The summed E-state index contributed by atoms with van der Waals surface area (Å²) in [4.78, 5) is 12.4. The Morgan fingerprint density at radius 2 is 1.88 bits per heavy atom. The van der Waals surface area contributed by atoms with Gasteiger partial charge in [-0.15, -0.1) is 0 Å². The third-order valence-corrected chi connectivity index (χ3v) is 3.67. The number of carbonyl (C=O) groups is 1. The van der Waals surface area contributed by atoms with E-state index >= 15 is 0 Å². The molecule has 132 valence electrons. The molecule has 0 atom stereocenters. The highest BCUT2D eigenvalue weighted by atomic mass is 16.7. The lowest BCUT2D eigenvalue weighted by Gasteiger charge is -2.10. The molecule has 7 heteroatoms. The summed E-state index contributed by atoms with van der Waals surface area (Å²) in [6, 6.07) is 10.2. The number of methoxy groups -OCH3 is 1. The van der Waals surface area contributed by atoms with Gasteiger partial charge in [-0.3, -0.25) is 4.79 Å². The molecule has 2 aromatic carbocycles. The second-order valence-electron chi connectivity index (χ2n) is 5.47. The number of hydrogen-bond donors (Lipinski definition) is 2. The molecule has 1 amide bonds. The van der Waals surface area contributed by atoms with E-state index in [1.54, 1.807) is 43.5 Å². The van der Waals surface area contributed by atoms with E-state index < -0.39 is 0 Å². The Morgan fingerprint density at radius 1 is 1.16 bits per heavy atom. The van der Waals surface area contributed by atoms with Crippen molar-refractivity contribution in [2.75, 3.05) is 38.2 Å². The van der Waals surface area contributed by atoms with Crippen LogP contribution in [0.3, 0.4) is 0 Å². The molecule has 0 aliphatic carbocycles. The van der Waals surface area contributed by atoms with Crippen molar-refractivity contribution in [3.8, 4) is 17.2 Å². The van der Waals surface area contributed by atoms with Gasteiger partial charge in [0, 0.05) is 37.8 Å². The highest BCUT2D eigenvalue weighted by Gasteiger charge is 2.17. The standard InChI is InChI=1S/C18H20N2O5/c1-22-7-2-8-23-13-5-3-12(4-6-13)18(21)20-15-10-17-16(9-14(15)19)24-11-25-17/h3-6,9-10H,2,7-8,11,19H2,1H3,(H,20,21). The molecule has 0 aromatic heterocycles. The average molecular weight is 344 g/mol. The second kappa shape index (κ2) is 7.76. The van der Waals surface area contributed by atoms with Crippen molar-refractivity contribution in [3.05, 3.63) is 42.0 Å². The zero-order chi connectivity index (χ0) is 17.6. The van der Waals surface area contributed by atoms with E-state index in [1.807, 2.05) is 0 Å². The summed E-state index contributed by atoms with van der Waals surface area (Å²) in [6.45, 7) is 1.36. The van der Waals surface area contributed by atoms with Gasteiger partial charge in [0.25, 0.3) is 5.91 Å². The fourth-order valence-corrected chi connectivity index (χ4v) is 2.36. The average Bonchev–Trinajstić information content (AvgIpc) is 3.06. The Kier molecular flexibility index (Phi) is 5.25. The van der Waals surface area contributed by atoms with Crippen molar-refractivity contribution in [1.82, 2.24) is 0 Å². The first kappa shape index (κ1) is 16.9. The fourth-order valence-electron chi connectivity index (χ4n) is 2.36. The molecule has 3 rings (SSSR count). The predicted molar refractivity (Wildman–Crippen MR) is 93.4 cm³/mol. The van der Waals surface area contributed by atoms with Crippen molar-refractivity contribution in [3.63, 3.8) is 0 Å². The molecule has 1 heterocycles. The first-order valence-corrected chi connectivity index (χ1v) is 7.89. The normalized spacial score (nSPS) is 12.0. The summed E-state index contributed by atoms with van der Waals surface area (Å²) in [6.07, 6.45) is 0.808. The van der Waals surface area contributed by atoms with Gasteiger partial charge in [0.05, 0.1) is 18.0 Å². The highest BCUT2D eigenvalue weighted by molar-refractivity contribution is 6.06. The largest absolute Gasteiger partial charge is 0.494 e. The number of fused-ring (bicyclic) bond motifs is 1. The van der Waals surface area contributed by atoms with Crippen molar-refractivity contribution in [2.45, 2.75) is 6.42 Å². The third kappa shape index (κ3) is 4.13. The Morgan fingerprint density at radius 3 is 2.60 bits per heavy atom. The van der Waals surface area contributed by atoms with Gasteiger partial charge in [0.15, 0.2) is 11.5 Å². The number of benzene rings is 2. The molecule has 25 heavy (non-hydrogen) atoms. The minimum absolute atomic E-state index is 0.151. The second-order valence-corrected chi connectivity index (χ2v) is 5.47. The topological polar surface area (TPSA) is 92.0 Å². The van der Waals surface area contributed by atoms with E-state index in [4.69, 9.17) is 24.7 Å². The van der Waals surface area contributed by atoms with Crippen LogP contribution in [0.5, 0.6) is 17.2 Å². The number of ether oxygens (including phenoxy) is 4. The number of rotatable bonds is 7. The molecule has 1 aliphatic heterocycles. The zero-order valence-electron chi connectivity index (χ0n) is 13.9. The van der Waals surface area contributed by atoms with Crippen molar-refractivity contribution in [2.24, 2.45) is 0 Å². The van der Waals surface area contributed by atoms with Crippen LogP contribution >= 0.6 is 0 Å². The minimum atomic E-state index is -0.267. The van der Waals surface area contributed by atoms with E-state index in [9.17, 15) is 4.79 Å². The molecular weight excluding hydrogens is 324 g/mol. The van der Waals surface area contributed by atoms with E-state index in [0.29, 0.717) is 47.4 Å². The van der Waals surface area contributed by atoms with Gasteiger partial charge in [0.2, 0.25) is 6.79 Å². The van der Waals surface area contributed by atoms with Crippen molar-refractivity contribution >= 4 is 17.3 Å². The van der Waals surface area contributed by atoms with Gasteiger partial charge in [0.1, 0.15) is 5.75 Å². The molecule has 1 aliphatic rings. The Balaban J connectivity index is 1.62. The molecule has 7 nitrogen and oxygen atoms in total. The molecular formula is C18H20N2O5. The third-order valence-electron chi connectivity index (χ3n) is 3.67. The molecule has 0 spiro atoms. The molecule has 0 radical (unpaired) electrons. The van der Waals surface area contributed by atoms with Crippen LogP contribution in [0, 0.1) is 0 Å². The number of hydrogen-bond acceptors (Lipinski definition) is 6. The maximum Gasteiger partial charge on any atom is 0.255 e. The molecule has 0 saturated carbocycles. The van der Waals surface area contributed by atoms with Crippen molar-refractivity contribution in [1.29, 1.82) is 0 Å². The van der Waals surface area contributed by atoms with Crippen LogP contribution in [0.1, 0.15) is 16.8 Å². The van der Waals surface area contributed by atoms with Gasteiger partial charge in [-0.25, -0.2) is 0 Å². The van der Waals surface area contributed by atoms with Gasteiger partial charge in [-0.05, 0) is 24.3 Å². The van der Waals surface area contributed by atoms with Crippen LogP contribution in [0.15, 0.2) is 36.4 Å². The van der Waals surface area contributed by atoms with E-state index in [0.717, 1.165) is 6.42 Å². The summed E-state index contributed by atoms with van der Waals surface area (Å²) in [7, 11) is 1.65. The maximum atomic E-state index is 12.4. The number of anilines is 2. The first-order chi connectivity index (χ1) is 12.2. The van der Waals surface area contributed by atoms with Crippen LogP contribution < -0.4 is 25.3 Å². The Hall–Kier alpha value is -2.93. The van der Waals surface area contributed by atoms with E-state index in [-0.39, 0.29) is 12.7 Å². The fraction of sp³-hybridized carbons (Fsp3) is 0.278. The van der Waals surface area contributed by atoms with Crippen LogP contribution in [0.25, 0.3) is 0 Å². The lowest BCUT2D eigenvalue weighted by atomic mass is 10.2. The molecule has 0 bridgehead atoms. The number of nitrogens with two attached hydrogens (primary N) is 1. The minimum Gasteiger partial charge on any atom is -0.494 e. The molecule has 3 N–H and O–H groups in total. The first-order valence-electron chi connectivity index (χ1n) is 7.89. The van der Waals surface area contributed by atoms with Gasteiger partial charge in [-0.1, -0.05) is 0 Å². The quantitative estimate of drug-likeness (QED) is 0.593. The van der Waals surface area contributed by atoms with Crippen LogP contribution in [-0.4, -0.2) is 33.0 Å². The lowest BCUT2D eigenvalue weighted by Crippen LogP contribution is -2.13. The highest BCUT2D eigenvalue weighted by Crippen LogP contribution is 2.38. The number of carbonyl (C=O) groups excluding carboxylic acids is 1. The van der Waals surface area contributed by atoms with Gasteiger partial charge < -0.3 is 30.0 Å². The molecule has 0 fully saturated rings. The van der Waals surface area contributed by atoms with Crippen LogP contribution in [-0.2, 0) is 4.74 Å². The van der Waals surface area contributed by atoms with Crippen LogP contribution in [0.4, 0.5) is 11.4 Å². The molecule has 0 unspecified atom stereocenters. The number of amides is 1. The van der Waals surface area contributed by atoms with Crippen LogP contribution in [0.2, 0.25) is 0 Å².